The van der Waals surface area contributed by atoms with Crippen molar-refractivity contribution in [1.29, 1.82) is 0 Å². The molecule has 0 spiro atoms. The van der Waals surface area contributed by atoms with Gasteiger partial charge in [0.05, 0.1) is 0 Å². The average Bonchev–Trinajstić information content (AvgIpc) is 2.55. The Hall–Kier alpha value is -1.38. The van der Waals surface area contributed by atoms with Crippen LogP contribution in [0.1, 0.15) is 25.0 Å². The van der Waals surface area contributed by atoms with E-state index in [9.17, 15) is 0 Å². The molecule has 0 aliphatic rings. The molecular weight excluding hydrogens is 569 g/mol. The molecule has 8 heteroatoms. The number of aliphatic carboxylic acids is 2. The molecule has 2 rings (SSSR count). The van der Waals surface area contributed by atoms with Gasteiger partial charge in [0.15, 0.2) is 0 Å². The Morgan fingerprint density at radius 2 is 1.00 bits per heavy atom. The normalized spacial score (nSPS) is 8.53. The number of benzene rings is 2. The van der Waals surface area contributed by atoms with Crippen LogP contribution in [-0.4, -0.2) is 49.9 Å². The van der Waals surface area contributed by atoms with Crippen molar-refractivity contribution in [3.8, 4) is 0 Å². The molecule has 172 valence electrons. The van der Waals surface area contributed by atoms with E-state index in [1.54, 1.807) is 0 Å². The van der Waals surface area contributed by atoms with E-state index in [1.165, 1.54) is 11.1 Å². The number of carbonyl (C=O) groups is 2. The molecule has 0 amide bonds. The summed E-state index contributed by atoms with van der Waals surface area (Å²) in [5.74, 6) is -2.17. The molecule has 0 bridgehead atoms. The third kappa shape index (κ3) is 34.2. The number of carbonyl (C=O) groups excluding carboxylic acids is 2. The van der Waals surface area contributed by atoms with E-state index in [0.717, 1.165) is 26.9 Å². The summed E-state index contributed by atoms with van der Waals surface area (Å²) in [6.45, 7) is 3.89. The Labute approximate surface area is 208 Å². The van der Waals surface area contributed by atoms with Gasteiger partial charge in [-0.25, -0.2) is 0 Å². The van der Waals surface area contributed by atoms with E-state index in [0.29, 0.717) is 0 Å². The molecule has 0 saturated carbocycles. The molecule has 0 heterocycles. The fraction of sp³-hybridized carbons (Fsp3) is 0.364. The van der Waals surface area contributed by atoms with Gasteiger partial charge in [-0.2, -0.15) is 60.7 Å². The van der Waals surface area contributed by atoms with Crippen molar-refractivity contribution < 1.29 is 60.6 Å². The number of rotatable bonds is 4. The Morgan fingerprint density at radius 1 is 0.733 bits per heavy atom. The van der Waals surface area contributed by atoms with E-state index < -0.39 is 11.9 Å². The average molecular weight is 599 g/mol. The monoisotopic (exact) mass is 598 g/mol. The van der Waals surface area contributed by atoms with Crippen LogP contribution in [0.15, 0.2) is 48.5 Å². The topological polar surface area (TPSA) is 86.7 Å². The molecule has 0 fully saturated rings. The van der Waals surface area contributed by atoms with Crippen LogP contribution in [0.25, 0.3) is 0 Å². The summed E-state index contributed by atoms with van der Waals surface area (Å²) in [6, 6.07) is 22.4. The fourth-order valence-electron chi connectivity index (χ4n) is 1.74. The minimum absolute atomic E-state index is 0. The molecule has 0 saturated heterocycles. The molecule has 0 atom stereocenters. The zero-order valence-electron chi connectivity index (χ0n) is 18.2. The maximum atomic E-state index is 8.89. The van der Waals surface area contributed by atoms with Gasteiger partial charge in [0.2, 0.25) is 0 Å². The summed E-state index contributed by atoms with van der Waals surface area (Å²) in [4.78, 5) is 22.0. The van der Waals surface area contributed by atoms with Gasteiger partial charge in [0.1, 0.15) is 0 Å². The van der Waals surface area contributed by atoms with E-state index >= 15 is 0 Å². The molecule has 2 aromatic rings. The van der Waals surface area contributed by atoms with E-state index in [-0.39, 0.29) is 40.8 Å². The summed E-state index contributed by atoms with van der Waals surface area (Å²) < 4.78 is 0. The van der Waals surface area contributed by atoms with Gasteiger partial charge >= 0.3 is 40.8 Å². The molecule has 30 heavy (non-hydrogen) atoms. The molecule has 0 N–H and O–H groups in total. The molecule has 0 aromatic heterocycles. The third-order valence-corrected chi connectivity index (χ3v) is 2.52. The summed E-state index contributed by atoms with van der Waals surface area (Å²) in [6.07, 6.45) is 0. The predicted octanol–water partition coefficient (Wildman–Crippen LogP) is 0.604. The van der Waals surface area contributed by atoms with Gasteiger partial charge in [-0.05, 0) is 42.0 Å². The second-order valence-electron chi connectivity index (χ2n) is 6.23. The number of hydrogen-bond acceptors (Lipinski definition) is 6. The summed E-state index contributed by atoms with van der Waals surface area (Å²) >= 11 is 0. The van der Waals surface area contributed by atoms with Crippen LogP contribution in [0.5, 0.6) is 0 Å². The number of carboxylic acids is 2. The van der Waals surface area contributed by atoms with Crippen LogP contribution in [0, 0.1) is 12.1 Å². The first-order valence-corrected chi connectivity index (χ1v) is 8.60. The molecule has 0 radical (unpaired) electrons. The van der Waals surface area contributed by atoms with Gasteiger partial charge in [-0.15, -0.1) is 11.1 Å². The van der Waals surface area contributed by atoms with Crippen molar-refractivity contribution in [3.05, 3.63) is 71.8 Å². The second-order valence-corrected chi connectivity index (χ2v) is 6.23. The SMILES string of the molecule is CC(=O)[O-].CC(=O)[O-].CN(C)Cc1[c-]cccc1.CN(C)Cc1[c-]cccc1.[Pd+2].[Pd+2]. The van der Waals surface area contributed by atoms with Crippen molar-refractivity contribution in [2.24, 2.45) is 0 Å². The Morgan fingerprint density at radius 3 is 1.17 bits per heavy atom. The van der Waals surface area contributed by atoms with Crippen molar-refractivity contribution in [1.82, 2.24) is 9.80 Å². The molecule has 2 aromatic carbocycles. The predicted molar refractivity (Wildman–Crippen MR) is 107 cm³/mol. The molecular formula is C22H30N2O4Pd2. The number of hydrogen-bond donors (Lipinski definition) is 0. The maximum absolute atomic E-state index is 8.89. The minimum atomic E-state index is -1.08. The summed E-state index contributed by atoms with van der Waals surface area (Å²) in [7, 11) is 8.23. The smallest absolute Gasteiger partial charge is 0.550 e. The van der Waals surface area contributed by atoms with E-state index in [4.69, 9.17) is 19.8 Å². The third-order valence-electron chi connectivity index (χ3n) is 2.52. The minimum Gasteiger partial charge on any atom is -0.550 e. The second kappa shape index (κ2) is 23.9. The molecule has 0 aliphatic carbocycles. The Bertz CT molecular complexity index is 575. The van der Waals surface area contributed by atoms with Gasteiger partial charge in [-0.3, -0.25) is 0 Å². The number of carboxylic acid groups (broad SMARTS) is 2. The van der Waals surface area contributed by atoms with Gasteiger partial charge in [-0.1, -0.05) is 0 Å². The zero-order valence-corrected chi connectivity index (χ0v) is 21.3. The number of nitrogens with zero attached hydrogens (tertiary/aromatic N) is 2. The Balaban J connectivity index is -0.000000160. The van der Waals surface area contributed by atoms with Crippen LogP contribution in [0.3, 0.4) is 0 Å². The van der Waals surface area contributed by atoms with Crippen LogP contribution < -0.4 is 10.2 Å². The molecule has 0 aliphatic heterocycles. The summed E-state index contributed by atoms with van der Waals surface area (Å²) in [5, 5.41) is 17.8. The van der Waals surface area contributed by atoms with Crippen LogP contribution in [0.2, 0.25) is 0 Å². The first-order valence-electron chi connectivity index (χ1n) is 8.60. The zero-order chi connectivity index (χ0) is 21.9. The van der Waals surface area contributed by atoms with Gasteiger partial charge in [0.25, 0.3) is 0 Å². The summed E-state index contributed by atoms with van der Waals surface area (Å²) in [5.41, 5.74) is 2.49. The standard InChI is InChI=1S/2C9H12N.2C2H4O2.2Pd/c2*1-10(2)8-9-6-4-3-5-7-9;2*1-2(3)4;;/h2*3-6H,8H2,1-2H3;2*1H3,(H,3,4);;/q2*-1;;;2*+2/p-2. The first kappa shape index (κ1) is 36.0. The van der Waals surface area contributed by atoms with Crippen LogP contribution in [0.4, 0.5) is 0 Å². The first-order chi connectivity index (χ1) is 13.0. The molecule has 6 nitrogen and oxygen atoms in total. The molecule has 0 unspecified atom stereocenters. The van der Waals surface area contributed by atoms with Crippen LogP contribution in [-0.2, 0) is 63.5 Å². The fourth-order valence-corrected chi connectivity index (χ4v) is 1.74. The van der Waals surface area contributed by atoms with Crippen molar-refractivity contribution in [2.45, 2.75) is 26.9 Å². The van der Waals surface area contributed by atoms with Crippen LogP contribution >= 0.6 is 0 Å². The largest absolute Gasteiger partial charge is 2.00 e. The van der Waals surface area contributed by atoms with Crippen molar-refractivity contribution >= 4 is 11.9 Å². The van der Waals surface area contributed by atoms with Crippen molar-refractivity contribution in [3.63, 3.8) is 0 Å². The maximum Gasteiger partial charge on any atom is 2.00 e. The van der Waals surface area contributed by atoms with E-state index in [1.807, 2.05) is 36.4 Å². The van der Waals surface area contributed by atoms with Gasteiger partial charge < -0.3 is 29.6 Å². The quantitative estimate of drug-likeness (QED) is 0.379. The van der Waals surface area contributed by atoms with Crippen molar-refractivity contribution in [2.75, 3.05) is 28.2 Å². The van der Waals surface area contributed by atoms with Gasteiger partial charge in [0, 0.05) is 25.0 Å². The Kier molecular flexibility index (Phi) is 28.7. The van der Waals surface area contributed by atoms with E-state index in [2.05, 4.69) is 62.3 Å².